The minimum absolute atomic E-state index is 0.0389. The zero-order valence-corrected chi connectivity index (χ0v) is 13.9. The number of rotatable bonds is 5. The van der Waals surface area contributed by atoms with Crippen molar-refractivity contribution in [3.63, 3.8) is 0 Å². The Labute approximate surface area is 131 Å². The molecule has 1 aromatic carbocycles. The van der Waals surface area contributed by atoms with E-state index in [4.69, 9.17) is 4.74 Å². The fraction of sp³-hybridized carbons (Fsp3) is 0.529. The van der Waals surface area contributed by atoms with Gasteiger partial charge in [0.15, 0.2) is 0 Å². The van der Waals surface area contributed by atoms with Crippen LogP contribution in [0, 0.1) is 19.8 Å². The van der Waals surface area contributed by atoms with Gasteiger partial charge in [-0.25, -0.2) is 4.79 Å². The third kappa shape index (κ3) is 6.61. The van der Waals surface area contributed by atoms with Crippen molar-refractivity contribution in [2.45, 2.75) is 46.6 Å². The van der Waals surface area contributed by atoms with E-state index in [1.165, 1.54) is 0 Å². The molecule has 1 atom stereocenters. The summed E-state index contributed by atoms with van der Waals surface area (Å²) in [5.74, 6) is -1.62. The zero-order chi connectivity index (χ0) is 16.9. The van der Waals surface area contributed by atoms with Crippen molar-refractivity contribution in [3.8, 4) is 0 Å². The van der Waals surface area contributed by atoms with E-state index in [1.807, 2.05) is 32.0 Å². The van der Waals surface area contributed by atoms with Gasteiger partial charge in [-0.1, -0.05) is 29.3 Å². The summed E-state index contributed by atoms with van der Waals surface area (Å²) in [4.78, 5) is 23.0. The van der Waals surface area contributed by atoms with Gasteiger partial charge in [-0.15, -0.1) is 0 Å². The van der Waals surface area contributed by atoms with Crippen LogP contribution < -0.4 is 5.32 Å². The smallest absolute Gasteiger partial charge is 0.407 e. The average molecular weight is 307 g/mol. The maximum atomic E-state index is 11.6. The Kier molecular flexibility index (Phi) is 5.97. The fourth-order valence-corrected chi connectivity index (χ4v) is 2.24. The number of amides is 1. The molecule has 5 heteroatoms. The molecule has 0 aliphatic heterocycles. The lowest BCUT2D eigenvalue weighted by atomic mass is 9.96. The highest BCUT2D eigenvalue weighted by atomic mass is 16.6. The van der Waals surface area contributed by atoms with E-state index in [0.29, 0.717) is 6.42 Å². The number of alkyl carbamates (subject to hydrolysis) is 1. The van der Waals surface area contributed by atoms with E-state index in [2.05, 4.69) is 5.32 Å². The fourth-order valence-electron chi connectivity index (χ4n) is 2.24. The lowest BCUT2D eigenvalue weighted by Gasteiger charge is -2.21. The molecule has 0 fully saturated rings. The van der Waals surface area contributed by atoms with Crippen LogP contribution in [0.4, 0.5) is 4.79 Å². The van der Waals surface area contributed by atoms with Gasteiger partial charge in [-0.2, -0.15) is 0 Å². The first-order chi connectivity index (χ1) is 10.1. The molecule has 1 aromatic rings. The third-order valence-electron chi connectivity index (χ3n) is 3.00. The Hall–Kier alpha value is -2.04. The summed E-state index contributed by atoms with van der Waals surface area (Å²) in [6.07, 6.45) is -0.229. The summed E-state index contributed by atoms with van der Waals surface area (Å²) >= 11 is 0. The predicted molar refractivity (Wildman–Crippen MR) is 85.0 cm³/mol. The van der Waals surface area contributed by atoms with Gasteiger partial charge >= 0.3 is 12.1 Å². The first-order valence-electron chi connectivity index (χ1n) is 7.33. The van der Waals surface area contributed by atoms with Gasteiger partial charge in [0.2, 0.25) is 0 Å². The predicted octanol–water partition coefficient (Wildman–Crippen LogP) is 3.07. The van der Waals surface area contributed by atoms with Crippen LogP contribution in [0.2, 0.25) is 0 Å². The lowest BCUT2D eigenvalue weighted by Crippen LogP contribution is -2.37. The van der Waals surface area contributed by atoms with Crippen LogP contribution in [0.5, 0.6) is 0 Å². The minimum atomic E-state index is -0.935. The van der Waals surface area contributed by atoms with Gasteiger partial charge in [0, 0.05) is 6.54 Å². The van der Waals surface area contributed by atoms with Crippen LogP contribution in [0.25, 0.3) is 0 Å². The number of carboxylic acid groups (broad SMARTS) is 1. The molecule has 0 heterocycles. The van der Waals surface area contributed by atoms with E-state index in [-0.39, 0.29) is 6.54 Å². The Morgan fingerprint density at radius 1 is 1.18 bits per heavy atom. The quantitative estimate of drug-likeness (QED) is 0.876. The first-order valence-corrected chi connectivity index (χ1v) is 7.33. The summed E-state index contributed by atoms with van der Waals surface area (Å²) in [5.41, 5.74) is 2.55. The molecule has 22 heavy (non-hydrogen) atoms. The first kappa shape index (κ1) is 18.0. The number of aryl methyl sites for hydroxylation is 2. The number of hydrogen-bond donors (Lipinski definition) is 2. The molecule has 0 aliphatic carbocycles. The molecule has 2 N–H and O–H groups in total. The number of carbonyl (C=O) groups excluding carboxylic acids is 1. The normalized spacial score (nSPS) is 12.6. The Morgan fingerprint density at radius 3 is 2.18 bits per heavy atom. The van der Waals surface area contributed by atoms with Crippen molar-refractivity contribution in [3.05, 3.63) is 34.9 Å². The third-order valence-corrected chi connectivity index (χ3v) is 3.00. The molecule has 0 saturated heterocycles. The van der Waals surface area contributed by atoms with Gasteiger partial charge in [-0.3, -0.25) is 4.79 Å². The SMILES string of the molecule is Cc1cc(C)cc(C[C@H](CNC(=O)OC(C)(C)C)C(=O)O)c1. The monoisotopic (exact) mass is 307 g/mol. The second kappa shape index (κ2) is 7.29. The van der Waals surface area contributed by atoms with Crippen LogP contribution in [0.1, 0.15) is 37.5 Å². The molecule has 122 valence electrons. The van der Waals surface area contributed by atoms with Crippen molar-refractivity contribution < 1.29 is 19.4 Å². The Balaban J connectivity index is 2.66. The van der Waals surface area contributed by atoms with Crippen LogP contribution in [-0.2, 0) is 16.0 Å². The molecule has 0 bridgehead atoms. The summed E-state index contributed by atoms with van der Waals surface area (Å²) in [6.45, 7) is 9.28. The molecule has 0 aliphatic rings. The molecule has 5 nitrogen and oxygen atoms in total. The minimum Gasteiger partial charge on any atom is -0.481 e. The van der Waals surface area contributed by atoms with Crippen LogP contribution in [0.3, 0.4) is 0 Å². The molecule has 1 rings (SSSR count). The van der Waals surface area contributed by atoms with Crippen molar-refractivity contribution in [2.75, 3.05) is 6.54 Å². The maximum Gasteiger partial charge on any atom is 0.407 e. The van der Waals surface area contributed by atoms with Crippen LogP contribution >= 0.6 is 0 Å². The van der Waals surface area contributed by atoms with Gasteiger partial charge in [0.05, 0.1) is 5.92 Å². The van der Waals surface area contributed by atoms with Gasteiger partial charge in [0.1, 0.15) is 5.60 Å². The van der Waals surface area contributed by atoms with Gasteiger partial charge < -0.3 is 15.2 Å². The van der Waals surface area contributed by atoms with E-state index in [0.717, 1.165) is 16.7 Å². The summed E-state index contributed by atoms with van der Waals surface area (Å²) in [6, 6.07) is 5.98. The Morgan fingerprint density at radius 2 is 1.73 bits per heavy atom. The molecule has 0 radical (unpaired) electrons. The summed E-state index contributed by atoms with van der Waals surface area (Å²) in [7, 11) is 0. The Bertz CT molecular complexity index is 526. The average Bonchev–Trinajstić information content (AvgIpc) is 2.30. The summed E-state index contributed by atoms with van der Waals surface area (Å²) < 4.78 is 5.11. The zero-order valence-electron chi connectivity index (χ0n) is 13.9. The highest BCUT2D eigenvalue weighted by Crippen LogP contribution is 2.14. The van der Waals surface area contributed by atoms with E-state index in [9.17, 15) is 14.7 Å². The van der Waals surface area contributed by atoms with Crippen molar-refractivity contribution >= 4 is 12.1 Å². The highest BCUT2D eigenvalue weighted by molar-refractivity contribution is 5.73. The van der Waals surface area contributed by atoms with Gasteiger partial charge in [0.25, 0.3) is 0 Å². The van der Waals surface area contributed by atoms with Crippen molar-refractivity contribution in [2.24, 2.45) is 5.92 Å². The number of benzene rings is 1. The lowest BCUT2D eigenvalue weighted by molar-refractivity contribution is -0.141. The second-order valence-corrected chi connectivity index (χ2v) is 6.62. The maximum absolute atomic E-state index is 11.6. The molecule has 0 spiro atoms. The molecule has 0 saturated carbocycles. The van der Waals surface area contributed by atoms with Crippen LogP contribution in [-0.4, -0.2) is 29.3 Å². The molecular weight excluding hydrogens is 282 g/mol. The molecule has 0 aromatic heterocycles. The van der Waals surface area contributed by atoms with E-state index < -0.39 is 23.6 Å². The number of carbonyl (C=O) groups is 2. The largest absolute Gasteiger partial charge is 0.481 e. The highest BCUT2D eigenvalue weighted by Gasteiger charge is 2.21. The van der Waals surface area contributed by atoms with Crippen molar-refractivity contribution in [1.29, 1.82) is 0 Å². The summed E-state index contributed by atoms with van der Waals surface area (Å²) in [5, 5.41) is 11.9. The topological polar surface area (TPSA) is 75.6 Å². The second-order valence-electron chi connectivity index (χ2n) is 6.62. The molecular formula is C17H25NO4. The van der Waals surface area contributed by atoms with E-state index in [1.54, 1.807) is 20.8 Å². The number of aliphatic carboxylic acids is 1. The van der Waals surface area contributed by atoms with E-state index >= 15 is 0 Å². The number of hydrogen-bond acceptors (Lipinski definition) is 3. The van der Waals surface area contributed by atoms with Gasteiger partial charge in [-0.05, 0) is 46.6 Å². The number of carboxylic acids is 1. The van der Waals surface area contributed by atoms with Crippen LogP contribution in [0.15, 0.2) is 18.2 Å². The van der Waals surface area contributed by atoms with Crippen molar-refractivity contribution in [1.82, 2.24) is 5.32 Å². The number of ether oxygens (including phenoxy) is 1. The molecule has 0 unspecified atom stereocenters. The standard InChI is InChI=1S/C17H25NO4/c1-11-6-12(2)8-13(7-11)9-14(15(19)20)10-18-16(21)22-17(3,4)5/h6-8,14H,9-10H2,1-5H3,(H,18,21)(H,19,20)/t14-/m1/s1. The number of nitrogens with one attached hydrogen (secondary N) is 1. The molecule has 1 amide bonds.